The second kappa shape index (κ2) is 5.80. The lowest BCUT2D eigenvalue weighted by molar-refractivity contribution is -0.134. The summed E-state index contributed by atoms with van der Waals surface area (Å²) in [6, 6.07) is 5.39. The van der Waals surface area contributed by atoms with Crippen LogP contribution >= 0.6 is 0 Å². The van der Waals surface area contributed by atoms with E-state index in [9.17, 15) is 4.79 Å². The molecule has 0 N–H and O–H groups in total. The van der Waals surface area contributed by atoms with Gasteiger partial charge < -0.3 is 14.2 Å². The van der Waals surface area contributed by atoms with E-state index in [1.54, 1.807) is 32.4 Å². The van der Waals surface area contributed by atoms with E-state index in [1.807, 2.05) is 6.07 Å². The summed E-state index contributed by atoms with van der Waals surface area (Å²) in [7, 11) is 4.45. The van der Waals surface area contributed by atoms with Crippen LogP contribution in [0.4, 0.5) is 0 Å². The minimum absolute atomic E-state index is 0.423. The summed E-state index contributed by atoms with van der Waals surface area (Å²) in [5.41, 5.74) is 0.706. The molecule has 0 radical (unpaired) electrons. The molecule has 0 aliphatic heterocycles. The highest BCUT2D eigenvalue weighted by molar-refractivity contribution is 5.88. The monoisotopic (exact) mass is 222 g/mol. The van der Waals surface area contributed by atoms with Gasteiger partial charge in [0.25, 0.3) is 0 Å². The van der Waals surface area contributed by atoms with E-state index in [1.165, 1.54) is 13.2 Å². The summed E-state index contributed by atoms with van der Waals surface area (Å²) in [4.78, 5) is 11.0. The van der Waals surface area contributed by atoms with Gasteiger partial charge in [-0.3, -0.25) is 0 Å². The van der Waals surface area contributed by atoms with Crippen molar-refractivity contribution >= 4 is 12.0 Å². The largest absolute Gasteiger partial charge is 0.496 e. The molecule has 0 amide bonds. The van der Waals surface area contributed by atoms with Gasteiger partial charge in [-0.1, -0.05) is 6.07 Å². The van der Waals surface area contributed by atoms with E-state index in [4.69, 9.17) is 9.47 Å². The van der Waals surface area contributed by atoms with Crippen molar-refractivity contribution < 1.29 is 19.0 Å². The van der Waals surface area contributed by atoms with Gasteiger partial charge in [-0.2, -0.15) is 0 Å². The van der Waals surface area contributed by atoms with Crippen LogP contribution in [0.3, 0.4) is 0 Å². The Morgan fingerprint density at radius 2 is 1.69 bits per heavy atom. The Bertz CT molecular complexity index is 374. The maximum atomic E-state index is 11.0. The number of benzene rings is 1. The molecular formula is C12H14O4. The molecule has 0 aromatic heterocycles. The summed E-state index contributed by atoms with van der Waals surface area (Å²) in [6.07, 6.45) is 2.92. The third-order valence-electron chi connectivity index (χ3n) is 2.05. The van der Waals surface area contributed by atoms with Crippen molar-refractivity contribution in [3.63, 3.8) is 0 Å². The number of hydrogen-bond acceptors (Lipinski definition) is 4. The molecule has 4 nitrogen and oxygen atoms in total. The first-order valence-electron chi connectivity index (χ1n) is 4.70. The van der Waals surface area contributed by atoms with Crippen LogP contribution in [0.1, 0.15) is 5.56 Å². The molecule has 0 heterocycles. The molecular weight excluding hydrogens is 208 g/mol. The number of rotatable bonds is 4. The fourth-order valence-corrected chi connectivity index (χ4v) is 1.26. The van der Waals surface area contributed by atoms with Crippen molar-refractivity contribution in [3.8, 4) is 11.5 Å². The molecule has 16 heavy (non-hydrogen) atoms. The highest BCUT2D eigenvalue weighted by Gasteiger charge is 2.06. The first-order chi connectivity index (χ1) is 7.72. The lowest BCUT2D eigenvalue weighted by Crippen LogP contribution is -1.95. The van der Waals surface area contributed by atoms with Gasteiger partial charge in [0.1, 0.15) is 11.5 Å². The highest BCUT2D eigenvalue weighted by Crippen LogP contribution is 2.29. The van der Waals surface area contributed by atoms with E-state index in [-0.39, 0.29) is 0 Å². The molecule has 0 aliphatic carbocycles. The topological polar surface area (TPSA) is 44.8 Å². The molecule has 0 spiro atoms. The van der Waals surface area contributed by atoms with Gasteiger partial charge >= 0.3 is 5.97 Å². The van der Waals surface area contributed by atoms with Crippen LogP contribution in [0.2, 0.25) is 0 Å². The Morgan fingerprint density at radius 1 is 1.12 bits per heavy atom. The van der Waals surface area contributed by atoms with Gasteiger partial charge in [0.15, 0.2) is 0 Å². The molecule has 86 valence electrons. The average Bonchev–Trinajstić information content (AvgIpc) is 2.35. The summed E-state index contributed by atoms with van der Waals surface area (Å²) in [6.45, 7) is 0. The third kappa shape index (κ3) is 2.76. The number of methoxy groups -OCH3 is 3. The van der Waals surface area contributed by atoms with Crippen LogP contribution in [-0.4, -0.2) is 27.3 Å². The van der Waals surface area contributed by atoms with Crippen LogP contribution < -0.4 is 9.47 Å². The Labute approximate surface area is 94.4 Å². The Morgan fingerprint density at radius 3 is 2.12 bits per heavy atom. The van der Waals surface area contributed by atoms with Crippen LogP contribution in [0, 0.1) is 0 Å². The Hall–Kier alpha value is -1.97. The number of esters is 1. The molecule has 0 saturated heterocycles. The van der Waals surface area contributed by atoms with Gasteiger partial charge in [-0.25, -0.2) is 4.79 Å². The van der Waals surface area contributed by atoms with Crippen molar-refractivity contribution in [1.29, 1.82) is 0 Å². The predicted molar refractivity (Wildman–Crippen MR) is 60.6 cm³/mol. The van der Waals surface area contributed by atoms with Crippen molar-refractivity contribution in [2.24, 2.45) is 0 Å². The smallest absolute Gasteiger partial charge is 0.330 e. The van der Waals surface area contributed by atoms with E-state index in [0.29, 0.717) is 17.1 Å². The zero-order valence-corrected chi connectivity index (χ0v) is 9.52. The highest BCUT2D eigenvalue weighted by atomic mass is 16.5. The normalized spacial score (nSPS) is 10.2. The molecule has 0 bridgehead atoms. The van der Waals surface area contributed by atoms with E-state index in [0.717, 1.165) is 0 Å². The van der Waals surface area contributed by atoms with Gasteiger partial charge in [0.05, 0.1) is 26.9 Å². The van der Waals surface area contributed by atoms with Crippen molar-refractivity contribution in [3.05, 3.63) is 29.8 Å². The van der Waals surface area contributed by atoms with Crippen molar-refractivity contribution in [2.45, 2.75) is 0 Å². The molecule has 0 saturated carbocycles. The molecule has 1 rings (SSSR count). The molecule has 0 fully saturated rings. The lowest BCUT2D eigenvalue weighted by Gasteiger charge is -2.09. The lowest BCUT2D eigenvalue weighted by atomic mass is 10.1. The summed E-state index contributed by atoms with van der Waals surface area (Å²) < 4.78 is 14.9. The molecule has 1 aromatic carbocycles. The van der Waals surface area contributed by atoms with Crippen molar-refractivity contribution in [2.75, 3.05) is 21.3 Å². The Balaban J connectivity index is 3.08. The molecule has 4 heteroatoms. The quantitative estimate of drug-likeness (QED) is 0.576. The summed E-state index contributed by atoms with van der Waals surface area (Å²) >= 11 is 0. The van der Waals surface area contributed by atoms with Gasteiger partial charge in [0, 0.05) is 6.08 Å². The van der Waals surface area contributed by atoms with Crippen LogP contribution in [-0.2, 0) is 9.53 Å². The van der Waals surface area contributed by atoms with Crippen LogP contribution in [0.5, 0.6) is 11.5 Å². The van der Waals surface area contributed by atoms with Crippen molar-refractivity contribution in [1.82, 2.24) is 0 Å². The zero-order valence-electron chi connectivity index (χ0n) is 9.52. The molecule has 0 aliphatic rings. The maximum absolute atomic E-state index is 11.0. The summed E-state index contributed by atoms with van der Waals surface area (Å²) in [5, 5.41) is 0. The maximum Gasteiger partial charge on any atom is 0.330 e. The predicted octanol–water partition coefficient (Wildman–Crippen LogP) is 1.89. The number of carbonyl (C=O) groups excluding carboxylic acids is 1. The fraction of sp³-hybridized carbons (Fsp3) is 0.250. The second-order valence-corrected chi connectivity index (χ2v) is 2.93. The molecule has 0 unspecified atom stereocenters. The minimum atomic E-state index is -0.423. The van der Waals surface area contributed by atoms with E-state index >= 15 is 0 Å². The molecule has 1 aromatic rings. The second-order valence-electron chi connectivity index (χ2n) is 2.93. The fourth-order valence-electron chi connectivity index (χ4n) is 1.26. The molecule has 0 atom stereocenters. The Kier molecular flexibility index (Phi) is 4.39. The summed E-state index contributed by atoms with van der Waals surface area (Å²) in [5.74, 6) is 0.854. The zero-order chi connectivity index (χ0) is 12.0. The SMILES string of the molecule is COC(=O)C=Cc1c(OC)cccc1OC. The first kappa shape index (κ1) is 12.1. The number of carbonyl (C=O) groups is 1. The number of ether oxygens (including phenoxy) is 3. The van der Waals surface area contributed by atoms with Crippen LogP contribution in [0.25, 0.3) is 6.08 Å². The number of hydrogen-bond donors (Lipinski definition) is 0. The minimum Gasteiger partial charge on any atom is -0.496 e. The van der Waals surface area contributed by atoms with Gasteiger partial charge in [0.2, 0.25) is 0 Å². The average molecular weight is 222 g/mol. The van der Waals surface area contributed by atoms with Gasteiger partial charge in [-0.15, -0.1) is 0 Å². The van der Waals surface area contributed by atoms with E-state index in [2.05, 4.69) is 4.74 Å². The van der Waals surface area contributed by atoms with Gasteiger partial charge in [-0.05, 0) is 18.2 Å². The standard InChI is InChI=1S/C12H14O4/c1-14-10-5-4-6-11(15-2)9(10)7-8-12(13)16-3/h4-8H,1-3H3. The van der Waals surface area contributed by atoms with E-state index < -0.39 is 5.97 Å². The third-order valence-corrected chi connectivity index (χ3v) is 2.05. The van der Waals surface area contributed by atoms with Crippen LogP contribution in [0.15, 0.2) is 24.3 Å². The first-order valence-corrected chi connectivity index (χ1v) is 4.70.